The first-order valence-electron chi connectivity index (χ1n) is 10.4. The molecule has 0 fully saturated rings. The number of pyridine rings is 1. The Bertz CT molecular complexity index is 1530. The van der Waals surface area contributed by atoms with E-state index in [-0.39, 0.29) is 5.56 Å². The Hall–Kier alpha value is -4.39. The van der Waals surface area contributed by atoms with Gasteiger partial charge in [-0.25, -0.2) is 0 Å². The second-order valence-electron chi connectivity index (χ2n) is 7.60. The van der Waals surface area contributed by atoms with Gasteiger partial charge in [-0.3, -0.25) is 9.36 Å². The van der Waals surface area contributed by atoms with E-state index in [1.807, 2.05) is 55.5 Å². The molecule has 0 unspecified atom stereocenters. The van der Waals surface area contributed by atoms with Crippen LogP contribution in [-0.4, -0.2) is 28.9 Å². The molecular formula is C26H21N3O4. The topological polar surface area (TPSA) is 79.4 Å². The molecular weight excluding hydrogens is 418 g/mol. The standard InChI is InChI=1S/C26H21N3O4/c1-16-7-6-8-18(13-16)29-15-21(19-9-4-5-10-20(19)26(29)30)25-27-24(28-33-25)17-11-12-22(31-2)23(14-17)32-3/h4-15H,1-3H3. The Labute approximate surface area is 189 Å². The van der Waals surface area contributed by atoms with E-state index in [2.05, 4.69) is 10.1 Å². The summed E-state index contributed by atoms with van der Waals surface area (Å²) in [7, 11) is 3.15. The Morgan fingerprint density at radius 1 is 0.879 bits per heavy atom. The molecule has 0 aliphatic carbocycles. The maximum Gasteiger partial charge on any atom is 0.262 e. The molecule has 0 spiro atoms. The van der Waals surface area contributed by atoms with E-state index in [1.165, 1.54) is 0 Å². The number of rotatable bonds is 5. The summed E-state index contributed by atoms with van der Waals surface area (Å²) in [5, 5.41) is 5.49. The van der Waals surface area contributed by atoms with Crippen LogP contribution in [0.25, 0.3) is 39.3 Å². The number of nitrogens with zero attached hydrogens (tertiary/aromatic N) is 3. The molecule has 0 aliphatic heterocycles. The van der Waals surface area contributed by atoms with Gasteiger partial charge >= 0.3 is 0 Å². The first kappa shape index (κ1) is 20.5. The molecule has 0 amide bonds. The van der Waals surface area contributed by atoms with Crippen LogP contribution >= 0.6 is 0 Å². The van der Waals surface area contributed by atoms with Crippen molar-refractivity contribution in [2.24, 2.45) is 0 Å². The van der Waals surface area contributed by atoms with E-state index < -0.39 is 0 Å². The van der Waals surface area contributed by atoms with Crippen molar-refractivity contribution in [1.29, 1.82) is 0 Å². The van der Waals surface area contributed by atoms with Gasteiger partial charge in [0.1, 0.15) is 0 Å². The Kier molecular flexibility index (Phi) is 5.14. The van der Waals surface area contributed by atoms with E-state index in [0.29, 0.717) is 34.2 Å². The largest absolute Gasteiger partial charge is 0.493 e. The van der Waals surface area contributed by atoms with Gasteiger partial charge in [-0.05, 0) is 48.9 Å². The summed E-state index contributed by atoms with van der Waals surface area (Å²) in [6, 6.07) is 20.6. The van der Waals surface area contributed by atoms with Gasteiger partial charge in [0.2, 0.25) is 5.82 Å². The van der Waals surface area contributed by atoms with Crippen molar-refractivity contribution < 1.29 is 14.0 Å². The minimum atomic E-state index is -0.112. The zero-order valence-corrected chi connectivity index (χ0v) is 18.4. The molecule has 164 valence electrons. The lowest BCUT2D eigenvalue weighted by Gasteiger charge is -2.11. The van der Waals surface area contributed by atoms with E-state index in [0.717, 1.165) is 22.2 Å². The smallest absolute Gasteiger partial charge is 0.262 e. The third-order valence-corrected chi connectivity index (χ3v) is 5.50. The molecule has 0 saturated carbocycles. The van der Waals surface area contributed by atoms with Crippen LogP contribution in [0.4, 0.5) is 0 Å². The van der Waals surface area contributed by atoms with Crippen molar-refractivity contribution in [3.8, 4) is 40.0 Å². The molecule has 0 saturated heterocycles. The lowest BCUT2D eigenvalue weighted by atomic mass is 10.1. The number of fused-ring (bicyclic) bond motifs is 1. The van der Waals surface area contributed by atoms with Crippen molar-refractivity contribution in [3.63, 3.8) is 0 Å². The van der Waals surface area contributed by atoms with Crippen LogP contribution in [0, 0.1) is 6.92 Å². The van der Waals surface area contributed by atoms with Crippen molar-refractivity contribution in [2.45, 2.75) is 6.92 Å². The average molecular weight is 439 g/mol. The zero-order valence-electron chi connectivity index (χ0n) is 18.4. The summed E-state index contributed by atoms with van der Waals surface area (Å²) in [5.74, 6) is 1.90. The molecule has 33 heavy (non-hydrogen) atoms. The van der Waals surface area contributed by atoms with Gasteiger partial charge in [0.05, 0.1) is 19.8 Å². The quantitative estimate of drug-likeness (QED) is 0.382. The molecule has 2 aromatic heterocycles. The molecule has 0 aliphatic rings. The molecule has 2 heterocycles. The maximum atomic E-state index is 13.3. The van der Waals surface area contributed by atoms with Crippen molar-refractivity contribution in [3.05, 3.63) is 88.8 Å². The van der Waals surface area contributed by atoms with E-state index in [9.17, 15) is 4.79 Å². The molecule has 5 rings (SSSR count). The number of hydrogen-bond acceptors (Lipinski definition) is 6. The number of aromatic nitrogens is 3. The molecule has 3 aromatic carbocycles. The highest BCUT2D eigenvalue weighted by Crippen LogP contribution is 2.33. The monoisotopic (exact) mass is 439 g/mol. The fraction of sp³-hybridized carbons (Fsp3) is 0.115. The first-order chi connectivity index (χ1) is 16.1. The molecule has 7 heteroatoms. The van der Waals surface area contributed by atoms with Gasteiger partial charge in [0.25, 0.3) is 11.4 Å². The summed E-state index contributed by atoms with van der Waals surface area (Å²) in [5.41, 5.74) is 3.11. The number of methoxy groups -OCH3 is 2. The molecule has 7 nitrogen and oxygen atoms in total. The summed E-state index contributed by atoms with van der Waals surface area (Å²) in [6.07, 6.45) is 1.76. The number of hydrogen-bond donors (Lipinski definition) is 0. The summed E-state index contributed by atoms with van der Waals surface area (Å²) in [6.45, 7) is 1.99. The minimum Gasteiger partial charge on any atom is -0.493 e. The van der Waals surface area contributed by atoms with Gasteiger partial charge in [0, 0.05) is 28.2 Å². The van der Waals surface area contributed by atoms with Crippen LogP contribution in [0.15, 0.2) is 82.2 Å². The molecule has 0 N–H and O–H groups in total. The summed E-state index contributed by atoms with van der Waals surface area (Å²) in [4.78, 5) is 17.9. The lowest BCUT2D eigenvalue weighted by Crippen LogP contribution is -2.18. The number of benzene rings is 3. The summed E-state index contributed by atoms with van der Waals surface area (Å²) >= 11 is 0. The van der Waals surface area contributed by atoms with Crippen molar-refractivity contribution in [1.82, 2.24) is 14.7 Å². The van der Waals surface area contributed by atoms with Crippen LogP contribution in [0.5, 0.6) is 11.5 Å². The van der Waals surface area contributed by atoms with E-state index in [4.69, 9.17) is 14.0 Å². The Balaban J connectivity index is 1.68. The van der Waals surface area contributed by atoms with Crippen LogP contribution in [0.3, 0.4) is 0 Å². The Morgan fingerprint density at radius 3 is 2.42 bits per heavy atom. The van der Waals surface area contributed by atoms with Gasteiger partial charge in [-0.15, -0.1) is 0 Å². The van der Waals surface area contributed by atoms with Crippen molar-refractivity contribution in [2.75, 3.05) is 14.2 Å². The predicted octanol–water partition coefficient (Wildman–Crippen LogP) is 5.03. The third-order valence-electron chi connectivity index (χ3n) is 5.50. The van der Waals surface area contributed by atoms with Crippen LogP contribution < -0.4 is 15.0 Å². The predicted molar refractivity (Wildman–Crippen MR) is 126 cm³/mol. The van der Waals surface area contributed by atoms with E-state index >= 15 is 0 Å². The highest BCUT2D eigenvalue weighted by Gasteiger charge is 2.18. The first-order valence-corrected chi connectivity index (χ1v) is 10.4. The van der Waals surface area contributed by atoms with Crippen LogP contribution in [-0.2, 0) is 0 Å². The molecule has 0 radical (unpaired) electrons. The normalized spacial score (nSPS) is 11.0. The van der Waals surface area contributed by atoms with Crippen molar-refractivity contribution >= 4 is 10.8 Å². The molecule has 0 bridgehead atoms. The average Bonchev–Trinajstić information content (AvgIpc) is 3.34. The highest BCUT2D eigenvalue weighted by atomic mass is 16.5. The number of ether oxygens (including phenoxy) is 2. The van der Waals surface area contributed by atoms with E-state index in [1.54, 1.807) is 43.2 Å². The fourth-order valence-corrected chi connectivity index (χ4v) is 3.86. The summed E-state index contributed by atoms with van der Waals surface area (Å²) < 4.78 is 18.0. The Morgan fingerprint density at radius 2 is 1.67 bits per heavy atom. The van der Waals surface area contributed by atoms with Crippen LogP contribution in [0.1, 0.15) is 5.56 Å². The van der Waals surface area contributed by atoms with Gasteiger partial charge < -0.3 is 14.0 Å². The fourth-order valence-electron chi connectivity index (χ4n) is 3.86. The molecule has 0 atom stereocenters. The van der Waals surface area contributed by atoms with Gasteiger partial charge in [0.15, 0.2) is 11.5 Å². The lowest BCUT2D eigenvalue weighted by molar-refractivity contribution is 0.355. The second-order valence-corrected chi connectivity index (χ2v) is 7.60. The second kappa shape index (κ2) is 8.27. The van der Waals surface area contributed by atoms with Gasteiger partial charge in [-0.2, -0.15) is 4.98 Å². The zero-order chi connectivity index (χ0) is 22.9. The highest BCUT2D eigenvalue weighted by molar-refractivity contribution is 5.94. The maximum absolute atomic E-state index is 13.3. The van der Waals surface area contributed by atoms with Gasteiger partial charge in [-0.1, -0.05) is 35.5 Å². The number of aryl methyl sites for hydroxylation is 1. The third kappa shape index (κ3) is 3.63. The molecule has 5 aromatic rings. The van der Waals surface area contributed by atoms with Crippen LogP contribution in [0.2, 0.25) is 0 Å². The minimum absolute atomic E-state index is 0.112. The SMILES string of the molecule is COc1ccc(-c2noc(-c3cn(-c4cccc(C)c4)c(=O)c4ccccc34)n2)cc1OC.